The SMILES string of the molecule is N#Cc1ccc(NC2CCOC3(CCCC3)C2)c(Cl)c1. The van der Waals surface area contributed by atoms with Gasteiger partial charge in [-0.1, -0.05) is 24.4 Å². The van der Waals surface area contributed by atoms with Crippen molar-refractivity contribution in [2.75, 3.05) is 11.9 Å². The fourth-order valence-corrected chi connectivity index (χ4v) is 3.68. The van der Waals surface area contributed by atoms with Crippen molar-refractivity contribution in [3.05, 3.63) is 28.8 Å². The largest absolute Gasteiger partial charge is 0.381 e. The summed E-state index contributed by atoms with van der Waals surface area (Å²) in [6, 6.07) is 7.94. The number of nitriles is 1. The van der Waals surface area contributed by atoms with Gasteiger partial charge in [0.1, 0.15) is 0 Å². The number of benzene rings is 1. The van der Waals surface area contributed by atoms with Gasteiger partial charge in [0, 0.05) is 12.6 Å². The van der Waals surface area contributed by atoms with Crippen LogP contribution in [0.3, 0.4) is 0 Å². The summed E-state index contributed by atoms with van der Waals surface area (Å²) >= 11 is 6.23. The lowest BCUT2D eigenvalue weighted by atomic mass is 9.89. The predicted octanol–water partition coefficient (Wildman–Crippen LogP) is 4.12. The van der Waals surface area contributed by atoms with Crippen molar-refractivity contribution in [2.24, 2.45) is 0 Å². The summed E-state index contributed by atoms with van der Waals surface area (Å²) in [5.74, 6) is 0. The third-order valence-electron chi connectivity index (χ3n) is 4.47. The maximum absolute atomic E-state index is 8.87. The zero-order valence-electron chi connectivity index (χ0n) is 11.5. The Bertz CT molecular complexity index is 532. The minimum atomic E-state index is 0.106. The van der Waals surface area contributed by atoms with Crippen LogP contribution in [0.25, 0.3) is 0 Å². The summed E-state index contributed by atoms with van der Waals surface area (Å²) in [6.45, 7) is 0.825. The maximum Gasteiger partial charge on any atom is 0.0992 e. The lowest BCUT2D eigenvalue weighted by Crippen LogP contribution is -2.42. The van der Waals surface area contributed by atoms with Gasteiger partial charge in [0.05, 0.1) is 27.9 Å². The molecule has 1 saturated heterocycles. The highest BCUT2D eigenvalue weighted by atomic mass is 35.5. The minimum absolute atomic E-state index is 0.106. The van der Waals surface area contributed by atoms with Crippen molar-refractivity contribution in [1.29, 1.82) is 5.26 Å². The number of anilines is 1. The fourth-order valence-electron chi connectivity index (χ4n) is 3.44. The highest BCUT2D eigenvalue weighted by molar-refractivity contribution is 6.33. The predicted molar refractivity (Wildman–Crippen MR) is 80.0 cm³/mol. The molecule has 20 heavy (non-hydrogen) atoms. The number of hydrogen-bond acceptors (Lipinski definition) is 3. The molecule has 1 saturated carbocycles. The van der Waals surface area contributed by atoms with E-state index in [0.29, 0.717) is 16.6 Å². The van der Waals surface area contributed by atoms with Crippen LogP contribution in [0.5, 0.6) is 0 Å². The molecule has 106 valence electrons. The van der Waals surface area contributed by atoms with Gasteiger partial charge < -0.3 is 10.1 Å². The van der Waals surface area contributed by atoms with E-state index in [0.717, 1.165) is 25.1 Å². The summed E-state index contributed by atoms with van der Waals surface area (Å²) in [6.07, 6.45) is 7.01. The lowest BCUT2D eigenvalue weighted by Gasteiger charge is -2.39. The van der Waals surface area contributed by atoms with E-state index in [2.05, 4.69) is 11.4 Å². The Labute approximate surface area is 124 Å². The summed E-state index contributed by atoms with van der Waals surface area (Å²) in [7, 11) is 0. The van der Waals surface area contributed by atoms with Gasteiger partial charge in [0.2, 0.25) is 0 Å². The van der Waals surface area contributed by atoms with Crippen LogP contribution in [-0.2, 0) is 4.74 Å². The molecule has 1 aliphatic heterocycles. The molecule has 1 aromatic carbocycles. The monoisotopic (exact) mass is 290 g/mol. The Kier molecular flexibility index (Phi) is 3.87. The van der Waals surface area contributed by atoms with E-state index in [1.54, 1.807) is 12.1 Å². The number of ether oxygens (including phenoxy) is 1. The van der Waals surface area contributed by atoms with Gasteiger partial charge in [0.25, 0.3) is 0 Å². The molecule has 1 atom stereocenters. The van der Waals surface area contributed by atoms with Crippen LogP contribution < -0.4 is 5.32 Å². The highest BCUT2D eigenvalue weighted by Crippen LogP contribution is 2.41. The second kappa shape index (κ2) is 5.63. The van der Waals surface area contributed by atoms with E-state index in [1.807, 2.05) is 6.07 Å². The molecular formula is C16H19ClN2O. The maximum atomic E-state index is 8.87. The van der Waals surface area contributed by atoms with Gasteiger partial charge in [-0.25, -0.2) is 0 Å². The van der Waals surface area contributed by atoms with Crippen LogP contribution in [0.4, 0.5) is 5.69 Å². The van der Waals surface area contributed by atoms with Crippen LogP contribution in [0.2, 0.25) is 5.02 Å². The van der Waals surface area contributed by atoms with Crippen LogP contribution in [-0.4, -0.2) is 18.2 Å². The summed E-state index contributed by atoms with van der Waals surface area (Å²) in [5, 5.41) is 13.0. The number of nitrogens with one attached hydrogen (secondary N) is 1. The molecule has 2 fully saturated rings. The van der Waals surface area contributed by atoms with Gasteiger partial charge >= 0.3 is 0 Å². The molecule has 0 aromatic heterocycles. The van der Waals surface area contributed by atoms with Crippen molar-refractivity contribution < 1.29 is 4.74 Å². The molecule has 1 aliphatic carbocycles. The number of rotatable bonds is 2. The van der Waals surface area contributed by atoms with E-state index >= 15 is 0 Å². The Morgan fingerprint density at radius 1 is 1.35 bits per heavy atom. The molecule has 1 N–H and O–H groups in total. The second-order valence-electron chi connectivity index (χ2n) is 5.88. The second-order valence-corrected chi connectivity index (χ2v) is 6.29. The molecule has 4 heteroatoms. The van der Waals surface area contributed by atoms with Crippen molar-refractivity contribution >= 4 is 17.3 Å². The minimum Gasteiger partial charge on any atom is -0.381 e. The zero-order chi connectivity index (χ0) is 14.0. The van der Waals surface area contributed by atoms with E-state index in [1.165, 1.54) is 25.7 Å². The molecule has 1 spiro atoms. The normalized spacial score (nSPS) is 24.5. The lowest BCUT2D eigenvalue weighted by molar-refractivity contribution is -0.0767. The van der Waals surface area contributed by atoms with Crippen molar-refractivity contribution in [2.45, 2.75) is 50.2 Å². The van der Waals surface area contributed by atoms with E-state index in [4.69, 9.17) is 21.6 Å². The average Bonchev–Trinajstić information content (AvgIpc) is 2.89. The van der Waals surface area contributed by atoms with Crippen LogP contribution in [0.1, 0.15) is 44.1 Å². The Hall–Kier alpha value is -1.24. The number of hydrogen-bond donors (Lipinski definition) is 1. The summed E-state index contributed by atoms with van der Waals surface area (Å²) in [4.78, 5) is 0. The standard InChI is InChI=1S/C16H19ClN2O/c17-14-9-12(11-18)3-4-15(14)19-13-5-8-20-16(10-13)6-1-2-7-16/h3-4,9,13,19H,1-2,5-8,10H2. The first-order valence-corrected chi connectivity index (χ1v) is 7.69. The first kappa shape index (κ1) is 13.7. The van der Waals surface area contributed by atoms with Crippen molar-refractivity contribution in [1.82, 2.24) is 0 Å². The quantitative estimate of drug-likeness (QED) is 0.891. The number of halogens is 1. The van der Waals surface area contributed by atoms with Gasteiger partial charge in [0.15, 0.2) is 0 Å². The molecule has 1 aromatic rings. The third kappa shape index (κ3) is 2.77. The Morgan fingerprint density at radius 3 is 2.85 bits per heavy atom. The van der Waals surface area contributed by atoms with Crippen LogP contribution in [0.15, 0.2) is 18.2 Å². The summed E-state index contributed by atoms with van der Waals surface area (Å²) < 4.78 is 6.05. The molecule has 1 heterocycles. The zero-order valence-corrected chi connectivity index (χ0v) is 12.2. The molecule has 3 nitrogen and oxygen atoms in total. The highest BCUT2D eigenvalue weighted by Gasteiger charge is 2.39. The average molecular weight is 291 g/mol. The Morgan fingerprint density at radius 2 is 2.15 bits per heavy atom. The first-order valence-electron chi connectivity index (χ1n) is 7.31. The van der Waals surface area contributed by atoms with E-state index in [9.17, 15) is 0 Å². The van der Waals surface area contributed by atoms with Gasteiger partial charge in [-0.3, -0.25) is 0 Å². The molecule has 3 rings (SSSR count). The first-order chi connectivity index (χ1) is 9.71. The molecular weight excluding hydrogens is 272 g/mol. The molecule has 2 aliphatic rings. The molecule has 0 amide bonds. The van der Waals surface area contributed by atoms with Crippen molar-refractivity contribution in [3.63, 3.8) is 0 Å². The smallest absolute Gasteiger partial charge is 0.0992 e. The molecule has 0 bridgehead atoms. The van der Waals surface area contributed by atoms with Crippen LogP contribution in [0, 0.1) is 11.3 Å². The topological polar surface area (TPSA) is 45.0 Å². The number of nitrogens with zero attached hydrogens (tertiary/aromatic N) is 1. The van der Waals surface area contributed by atoms with Gasteiger partial charge in [-0.15, -0.1) is 0 Å². The molecule has 1 unspecified atom stereocenters. The Balaban J connectivity index is 1.70. The van der Waals surface area contributed by atoms with Crippen molar-refractivity contribution in [3.8, 4) is 6.07 Å². The van der Waals surface area contributed by atoms with Gasteiger partial charge in [-0.05, 0) is 43.9 Å². The molecule has 0 radical (unpaired) electrons. The summed E-state index contributed by atoms with van der Waals surface area (Å²) in [5.41, 5.74) is 1.63. The van der Waals surface area contributed by atoms with Crippen LogP contribution >= 0.6 is 11.6 Å². The van der Waals surface area contributed by atoms with E-state index < -0.39 is 0 Å². The van der Waals surface area contributed by atoms with Gasteiger partial charge in [-0.2, -0.15) is 5.26 Å². The fraction of sp³-hybridized carbons (Fsp3) is 0.562. The van der Waals surface area contributed by atoms with E-state index in [-0.39, 0.29) is 5.60 Å². The third-order valence-corrected chi connectivity index (χ3v) is 4.78.